The molecular weight excluding hydrogens is 145 g/mol. The molecule has 0 aliphatic carbocycles. The fraction of sp³-hybridized carbons (Fsp3) is 1.00. The van der Waals surface area contributed by atoms with Crippen LogP contribution in [0.25, 0.3) is 0 Å². The van der Waals surface area contributed by atoms with Crippen LogP contribution in [0.4, 0.5) is 0 Å². The molecule has 0 unspecified atom stereocenters. The van der Waals surface area contributed by atoms with Crippen molar-refractivity contribution in [2.24, 2.45) is 0 Å². The van der Waals surface area contributed by atoms with Gasteiger partial charge in [0, 0.05) is 6.54 Å². The average Bonchev–Trinajstić information content (AvgIpc) is 1.62. The van der Waals surface area contributed by atoms with E-state index in [1.165, 1.54) is 4.67 Å². The summed E-state index contributed by atoms with van der Waals surface area (Å²) in [6, 6.07) is 0. The smallest absolute Gasteiger partial charge is 0.258 e. The summed E-state index contributed by atoms with van der Waals surface area (Å²) in [4.78, 5) is 17.4. The fourth-order valence-electron chi connectivity index (χ4n) is 0.184. The van der Waals surface area contributed by atoms with Gasteiger partial charge in [-0.15, -0.1) is 0 Å². The second-order valence-electron chi connectivity index (χ2n) is 1.49. The molecule has 0 spiro atoms. The van der Waals surface area contributed by atoms with E-state index in [1.807, 2.05) is 6.92 Å². The zero-order valence-corrected chi connectivity index (χ0v) is 6.62. The van der Waals surface area contributed by atoms with Crippen molar-refractivity contribution in [1.82, 2.24) is 4.67 Å². The van der Waals surface area contributed by atoms with Gasteiger partial charge in [-0.05, 0) is 18.9 Å². The van der Waals surface area contributed by atoms with Crippen molar-refractivity contribution in [3.8, 4) is 0 Å². The summed E-state index contributed by atoms with van der Waals surface area (Å²) in [5.41, 5.74) is 0. The number of nitrogens with zero attached hydrogens (tertiary/aromatic N) is 1. The first-order valence-corrected chi connectivity index (χ1v) is 4.91. The highest BCUT2D eigenvalue weighted by Gasteiger charge is 2.11. The molecule has 0 radical (unpaired) electrons. The SMILES string of the molecule is CCN(C)P(O)(O)=S. The van der Waals surface area contributed by atoms with E-state index in [2.05, 4.69) is 11.8 Å². The van der Waals surface area contributed by atoms with Gasteiger partial charge in [-0.3, -0.25) is 0 Å². The van der Waals surface area contributed by atoms with Crippen LogP contribution in [0.3, 0.4) is 0 Å². The maximum absolute atomic E-state index is 8.69. The second kappa shape index (κ2) is 2.90. The normalized spacial score (nSPS) is 12.6. The van der Waals surface area contributed by atoms with Crippen LogP contribution in [-0.4, -0.2) is 28.0 Å². The van der Waals surface area contributed by atoms with E-state index in [1.54, 1.807) is 7.05 Å². The van der Waals surface area contributed by atoms with Gasteiger partial charge in [-0.1, -0.05) is 6.92 Å². The maximum Gasteiger partial charge on any atom is 0.258 e. The minimum atomic E-state index is -3.09. The summed E-state index contributed by atoms with van der Waals surface area (Å²) in [5, 5.41) is 0. The Kier molecular flexibility index (Phi) is 3.09. The number of hydrogen-bond donors (Lipinski definition) is 2. The van der Waals surface area contributed by atoms with Gasteiger partial charge in [0.05, 0.1) is 0 Å². The van der Waals surface area contributed by atoms with E-state index < -0.39 is 6.64 Å². The van der Waals surface area contributed by atoms with Crippen LogP contribution >= 0.6 is 6.64 Å². The van der Waals surface area contributed by atoms with Crippen molar-refractivity contribution in [3.63, 3.8) is 0 Å². The minimum Gasteiger partial charge on any atom is -0.334 e. The van der Waals surface area contributed by atoms with Gasteiger partial charge in [-0.2, -0.15) is 0 Å². The lowest BCUT2D eigenvalue weighted by Gasteiger charge is -2.18. The van der Waals surface area contributed by atoms with Crippen LogP contribution in [0.1, 0.15) is 6.92 Å². The zero-order valence-electron chi connectivity index (χ0n) is 4.90. The molecule has 0 aromatic heterocycles. The van der Waals surface area contributed by atoms with E-state index in [-0.39, 0.29) is 0 Å². The molecule has 0 atom stereocenters. The molecule has 0 aromatic rings. The molecule has 3 nitrogen and oxygen atoms in total. The molecule has 0 fully saturated rings. The summed E-state index contributed by atoms with van der Waals surface area (Å²) in [7, 11) is 1.58. The summed E-state index contributed by atoms with van der Waals surface area (Å²) in [6.07, 6.45) is 0. The van der Waals surface area contributed by atoms with E-state index >= 15 is 0 Å². The lowest BCUT2D eigenvalue weighted by Crippen LogP contribution is -2.12. The van der Waals surface area contributed by atoms with Crippen molar-refractivity contribution in [1.29, 1.82) is 0 Å². The summed E-state index contributed by atoms with van der Waals surface area (Å²) < 4.78 is 1.35. The molecule has 50 valence electrons. The number of rotatable bonds is 2. The highest BCUT2D eigenvalue weighted by Crippen LogP contribution is 2.37. The van der Waals surface area contributed by atoms with Crippen LogP contribution < -0.4 is 0 Å². The Morgan fingerprint density at radius 2 is 2.00 bits per heavy atom. The second-order valence-corrected chi connectivity index (χ2v) is 4.67. The predicted octanol–water partition coefficient (Wildman–Crippen LogP) is 0.147. The lowest BCUT2D eigenvalue weighted by molar-refractivity contribution is 0.382. The Balaban J connectivity index is 3.82. The molecule has 0 amide bonds. The molecule has 5 heteroatoms. The summed E-state index contributed by atoms with van der Waals surface area (Å²) in [6.45, 7) is -0.703. The van der Waals surface area contributed by atoms with Crippen molar-refractivity contribution in [2.75, 3.05) is 13.6 Å². The first kappa shape index (κ1) is 8.53. The Morgan fingerprint density at radius 1 is 1.62 bits per heavy atom. The quantitative estimate of drug-likeness (QED) is 0.557. The van der Waals surface area contributed by atoms with Crippen molar-refractivity contribution >= 4 is 18.4 Å². The van der Waals surface area contributed by atoms with Gasteiger partial charge in [0.1, 0.15) is 0 Å². The Bertz CT molecular complexity index is 112. The third-order valence-corrected chi connectivity index (χ3v) is 2.91. The van der Waals surface area contributed by atoms with Crippen LogP contribution in [0.15, 0.2) is 0 Å². The summed E-state index contributed by atoms with van der Waals surface area (Å²) in [5.74, 6) is 0. The first-order chi connectivity index (χ1) is 3.48. The molecule has 2 N–H and O–H groups in total. The third kappa shape index (κ3) is 2.74. The molecule has 0 aromatic carbocycles. The fourth-order valence-corrected chi connectivity index (χ4v) is 0.899. The van der Waals surface area contributed by atoms with Gasteiger partial charge < -0.3 is 9.79 Å². The van der Waals surface area contributed by atoms with Gasteiger partial charge in [0.15, 0.2) is 0 Å². The Hall–Kier alpha value is 0.530. The highest BCUT2D eigenvalue weighted by atomic mass is 32.5. The molecule has 0 saturated carbocycles. The Morgan fingerprint density at radius 3 is 2.00 bits per heavy atom. The van der Waals surface area contributed by atoms with Gasteiger partial charge in [0.25, 0.3) is 6.64 Å². The van der Waals surface area contributed by atoms with Gasteiger partial charge in [-0.25, -0.2) is 4.67 Å². The molecule has 8 heavy (non-hydrogen) atoms. The molecule has 0 aliphatic rings. The van der Waals surface area contributed by atoms with E-state index in [4.69, 9.17) is 9.79 Å². The lowest BCUT2D eigenvalue weighted by atomic mass is 10.8. The van der Waals surface area contributed by atoms with Crippen LogP contribution in [0, 0.1) is 0 Å². The van der Waals surface area contributed by atoms with Crippen molar-refractivity contribution < 1.29 is 9.79 Å². The Labute approximate surface area is 54.2 Å². The summed E-state index contributed by atoms with van der Waals surface area (Å²) >= 11 is 4.35. The zero-order chi connectivity index (χ0) is 6.78. The van der Waals surface area contributed by atoms with Gasteiger partial charge >= 0.3 is 0 Å². The highest BCUT2D eigenvalue weighted by molar-refractivity contribution is 8.07. The predicted molar refractivity (Wildman–Crippen MR) is 37.0 cm³/mol. The van der Waals surface area contributed by atoms with E-state index in [0.29, 0.717) is 6.54 Å². The maximum atomic E-state index is 8.69. The average molecular weight is 155 g/mol. The minimum absolute atomic E-state index is 0.574. The third-order valence-electron chi connectivity index (χ3n) is 0.902. The van der Waals surface area contributed by atoms with Crippen molar-refractivity contribution in [2.45, 2.75) is 6.92 Å². The molecular formula is C3H10NO2PS. The molecule has 0 bridgehead atoms. The number of hydrogen-bond acceptors (Lipinski definition) is 1. The van der Waals surface area contributed by atoms with Crippen LogP contribution in [0.2, 0.25) is 0 Å². The van der Waals surface area contributed by atoms with Crippen molar-refractivity contribution in [3.05, 3.63) is 0 Å². The van der Waals surface area contributed by atoms with Crippen LogP contribution in [0.5, 0.6) is 0 Å². The molecule has 0 heterocycles. The largest absolute Gasteiger partial charge is 0.334 e. The topological polar surface area (TPSA) is 43.7 Å². The van der Waals surface area contributed by atoms with Crippen LogP contribution in [-0.2, 0) is 11.8 Å². The monoisotopic (exact) mass is 155 g/mol. The first-order valence-electron chi connectivity index (χ1n) is 2.25. The van der Waals surface area contributed by atoms with E-state index in [0.717, 1.165) is 0 Å². The molecule has 0 rings (SSSR count). The standard InChI is InChI=1S/C3H10NO2PS/c1-3-4(2)7(5,6)8/h3H2,1-2H3,(H2,5,6,8). The van der Waals surface area contributed by atoms with Gasteiger partial charge in [0.2, 0.25) is 0 Å². The molecule has 0 saturated heterocycles. The van der Waals surface area contributed by atoms with E-state index in [9.17, 15) is 0 Å². The molecule has 0 aliphatic heterocycles.